The molecule has 1 aromatic carbocycles. The van der Waals surface area contributed by atoms with Crippen LogP contribution >= 0.6 is 0 Å². The summed E-state index contributed by atoms with van der Waals surface area (Å²) in [7, 11) is 0. The molecule has 1 aromatic heterocycles. The highest BCUT2D eigenvalue weighted by Crippen LogP contribution is 2.53. The standard InChI is InChI=1S/C24H24N2O6/c1-14-8-15(2)10-16(9-14)26-13-24-6-5-18(32-24)20(21(24)22(26)28)23(29)31-12-19(27)25-11-17-4-3-7-30-17/h3-10,18,20-21H,11-13H2,1-2H3,(H,25,27)/t18-,20-,21-,24+/m0/s1. The summed E-state index contributed by atoms with van der Waals surface area (Å²) in [6.07, 6.45) is 4.70. The summed E-state index contributed by atoms with van der Waals surface area (Å²) in [4.78, 5) is 40.0. The second-order valence-corrected chi connectivity index (χ2v) is 8.63. The Labute approximate surface area is 185 Å². The Bertz CT molecular complexity index is 1090. The van der Waals surface area contributed by atoms with Crippen LogP contribution in [0.5, 0.6) is 0 Å². The summed E-state index contributed by atoms with van der Waals surface area (Å²) in [5.74, 6) is -2.06. The molecule has 0 unspecified atom stereocenters. The zero-order valence-corrected chi connectivity index (χ0v) is 17.9. The fourth-order valence-corrected chi connectivity index (χ4v) is 4.98. The van der Waals surface area contributed by atoms with Gasteiger partial charge >= 0.3 is 5.97 Å². The van der Waals surface area contributed by atoms with E-state index in [4.69, 9.17) is 13.9 Å². The van der Waals surface area contributed by atoms with Crippen LogP contribution in [0.15, 0.2) is 53.2 Å². The molecule has 4 atom stereocenters. The Morgan fingerprint density at radius 3 is 2.75 bits per heavy atom. The number of hydrogen-bond donors (Lipinski definition) is 1. The largest absolute Gasteiger partial charge is 0.467 e. The number of ether oxygens (including phenoxy) is 2. The molecule has 8 heteroatoms. The summed E-state index contributed by atoms with van der Waals surface area (Å²) < 4.78 is 16.5. The first-order valence-corrected chi connectivity index (χ1v) is 10.6. The molecule has 2 saturated heterocycles. The average Bonchev–Trinajstić information content (AvgIpc) is 3.52. The summed E-state index contributed by atoms with van der Waals surface area (Å²) in [6.45, 7) is 4.09. The number of rotatable bonds is 6. The monoisotopic (exact) mass is 436 g/mol. The second kappa shape index (κ2) is 7.63. The van der Waals surface area contributed by atoms with Crippen LogP contribution in [0.4, 0.5) is 5.69 Å². The van der Waals surface area contributed by atoms with Crippen molar-refractivity contribution in [1.29, 1.82) is 0 Å². The Hall–Kier alpha value is -3.39. The average molecular weight is 436 g/mol. The SMILES string of the molecule is Cc1cc(C)cc(N2C[C@@]34C=C[C@H](O3)[C@H](C(=O)OCC(=O)NCc3ccco3)[C@H]4C2=O)c1. The van der Waals surface area contributed by atoms with Crippen molar-refractivity contribution in [3.05, 3.63) is 65.6 Å². The molecule has 1 spiro atoms. The van der Waals surface area contributed by atoms with E-state index in [9.17, 15) is 14.4 Å². The van der Waals surface area contributed by atoms with Crippen LogP contribution in [-0.4, -0.2) is 42.6 Å². The third-order valence-electron chi connectivity index (χ3n) is 6.28. The first-order valence-electron chi connectivity index (χ1n) is 10.6. The molecule has 1 N–H and O–H groups in total. The zero-order valence-electron chi connectivity index (χ0n) is 17.9. The number of nitrogens with zero attached hydrogens (tertiary/aromatic N) is 1. The van der Waals surface area contributed by atoms with E-state index >= 15 is 0 Å². The van der Waals surface area contributed by atoms with Crippen molar-refractivity contribution < 1.29 is 28.3 Å². The minimum Gasteiger partial charge on any atom is -0.467 e. The molecule has 166 valence electrons. The van der Waals surface area contributed by atoms with Crippen LogP contribution in [0, 0.1) is 25.7 Å². The van der Waals surface area contributed by atoms with Crippen molar-refractivity contribution >= 4 is 23.5 Å². The lowest BCUT2D eigenvalue weighted by molar-refractivity contribution is -0.155. The highest BCUT2D eigenvalue weighted by Gasteiger charge is 2.67. The number of carbonyl (C=O) groups excluding carboxylic acids is 3. The Morgan fingerprint density at radius 2 is 2.03 bits per heavy atom. The molecule has 2 amide bonds. The quantitative estimate of drug-likeness (QED) is 0.550. The second-order valence-electron chi connectivity index (χ2n) is 8.63. The van der Waals surface area contributed by atoms with Crippen molar-refractivity contribution in [3.8, 4) is 0 Å². The molecule has 3 aliphatic rings. The van der Waals surface area contributed by atoms with Gasteiger partial charge in [-0.2, -0.15) is 0 Å². The van der Waals surface area contributed by atoms with Gasteiger partial charge in [0, 0.05) is 5.69 Å². The maximum Gasteiger partial charge on any atom is 0.313 e. The molecule has 32 heavy (non-hydrogen) atoms. The minimum absolute atomic E-state index is 0.161. The van der Waals surface area contributed by atoms with E-state index in [1.54, 1.807) is 17.0 Å². The number of fused-ring (bicyclic) bond motifs is 1. The normalized spacial score (nSPS) is 27.6. The van der Waals surface area contributed by atoms with Crippen LogP contribution < -0.4 is 10.2 Å². The molecular formula is C24H24N2O6. The Kier molecular flexibility index (Phi) is 4.89. The van der Waals surface area contributed by atoms with Crippen molar-refractivity contribution in [1.82, 2.24) is 5.32 Å². The Balaban J connectivity index is 1.27. The predicted octanol–water partition coefficient (Wildman–Crippen LogP) is 2.04. The highest BCUT2D eigenvalue weighted by atomic mass is 16.6. The van der Waals surface area contributed by atoms with Gasteiger partial charge in [-0.15, -0.1) is 0 Å². The summed E-state index contributed by atoms with van der Waals surface area (Å²) in [5.41, 5.74) is 2.06. The fraction of sp³-hybridized carbons (Fsp3) is 0.375. The van der Waals surface area contributed by atoms with E-state index in [1.165, 1.54) is 6.26 Å². The van der Waals surface area contributed by atoms with Gasteiger partial charge in [-0.3, -0.25) is 14.4 Å². The number of nitrogens with one attached hydrogen (secondary N) is 1. The number of carbonyl (C=O) groups is 3. The molecule has 0 radical (unpaired) electrons. The highest BCUT2D eigenvalue weighted by molar-refractivity contribution is 6.02. The van der Waals surface area contributed by atoms with Crippen LogP contribution in [-0.2, 0) is 30.4 Å². The number of amides is 2. The molecule has 2 bridgehead atoms. The molecule has 8 nitrogen and oxygen atoms in total. The number of furan rings is 1. The van der Waals surface area contributed by atoms with Crippen molar-refractivity contribution in [2.24, 2.45) is 11.8 Å². The summed E-state index contributed by atoms with van der Waals surface area (Å²) in [6, 6.07) is 9.41. The van der Waals surface area contributed by atoms with Crippen LogP contribution in [0.3, 0.4) is 0 Å². The fourth-order valence-electron chi connectivity index (χ4n) is 4.98. The van der Waals surface area contributed by atoms with Gasteiger partial charge in [0.15, 0.2) is 6.61 Å². The molecule has 3 aliphatic heterocycles. The smallest absolute Gasteiger partial charge is 0.313 e. The molecule has 2 aromatic rings. The van der Waals surface area contributed by atoms with Crippen LogP contribution in [0.25, 0.3) is 0 Å². The number of benzene rings is 1. The molecule has 0 saturated carbocycles. The number of anilines is 1. The number of hydrogen-bond acceptors (Lipinski definition) is 6. The molecular weight excluding hydrogens is 412 g/mol. The van der Waals surface area contributed by atoms with Crippen molar-refractivity contribution in [2.75, 3.05) is 18.1 Å². The van der Waals surface area contributed by atoms with E-state index in [2.05, 4.69) is 5.32 Å². The molecule has 5 rings (SSSR count). The van der Waals surface area contributed by atoms with E-state index in [-0.39, 0.29) is 12.5 Å². The van der Waals surface area contributed by atoms with Gasteiger partial charge in [-0.05, 0) is 49.2 Å². The lowest BCUT2D eigenvalue weighted by atomic mass is 9.77. The summed E-state index contributed by atoms with van der Waals surface area (Å²) in [5, 5.41) is 2.63. The summed E-state index contributed by atoms with van der Waals surface area (Å²) >= 11 is 0. The van der Waals surface area contributed by atoms with E-state index < -0.39 is 42.0 Å². The number of esters is 1. The van der Waals surface area contributed by atoms with Crippen LogP contribution in [0.2, 0.25) is 0 Å². The van der Waals surface area contributed by atoms with Gasteiger partial charge in [-0.25, -0.2) is 0 Å². The third kappa shape index (κ3) is 3.40. The van der Waals surface area contributed by atoms with E-state index in [0.29, 0.717) is 12.3 Å². The van der Waals surface area contributed by atoms with Gasteiger partial charge < -0.3 is 24.1 Å². The van der Waals surface area contributed by atoms with Crippen molar-refractivity contribution in [2.45, 2.75) is 32.1 Å². The number of aryl methyl sites for hydroxylation is 2. The predicted molar refractivity (Wildman–Crippen MR) is 114 cm³/mol. The maximum absolute atomic E-state index is 13.4. The maximum atomic E-state index is 13.4. The topological polar surface area (TPSA) is 98.1 Å². The molecule has 4 heterocycles. The van der Waals surface area contributed by atoms with Gasteiger partial charge in [0.25, 0.3) is 5.91 Å². The molecule has 0 aliphatic carbocycles. The van der Waals surface area contributed by atoms with Gasteiger partial charge in [-0.1, -0.05) is 18.2 Å². The van der Waals surface area contributed by atoms with Gasteiger partial charge in [0.05, 0.1) is 31.4 Å². The lowest BCUT2D eigenvalue weighted by Crippen LogP contribution is -2.41. The van der Waals surface area contributed by atoms with Gasteiger partial charge in [0.2, 0.25) is 5.91 Å². The van der Waals surface area contributed by atoms with Crippen LogP contribution in [0.1, 0.15) is 16.9 Å². The lowest BCUT2D eigenvalue weighted by Gasteiger charge is -2.22. The first-order chi connectivity index (χ1) is 15.4. The van der Waals surface area contributed by atoms with Crippen molar-refractivity contribution in [3.63, 3.8) is 0 Å². The van der Waals surface area contributed by atoms with E-state index in [1.807, 2.05) is 44.2 Å². The zero-order chi connectivity index (χ0) is 22.5. The minimum atomic E-state index is -0.843. The van der Waals surface area contributed by atoms with Gasteiger partial charge in [0.1, 0.15) is 17.3 Å². The first kappa shape index (κ1) is 20.5. The molecule has 2 fully saturated rings. The Morgan fingerprint density at radius 1 is 1.25 bits per heavy atom. The third-order valence-corrected chi connectivity index (χ3v) is 6.28. The van der Waals surface area contributed by atoms with E-state index in [0.717, 1.165) is 16.8 Å².